The zero-order valence-electron chi connectivity index (χ0n) is 15.4. The second-order valence-corrected chi connectivity index (χ2v) is 6.88. The van der Waals surface area contributed by atoms with Crippen molar-refractivity contribution in [2.75, 3.05) is 19.0 Å². The van der Waals surface area contributed by atoms with Crippen LogP contribution in [0.15, 0.2) is 18.2 Å². The Morgan fingerprint density at radius 1 is 1.48 bits per heavy atom. The third kappa shape index (κ3) is 4.73. The molecule has 0 unspecified atom stereocenters. The van der Waals surface area contributed by atoms with Gasteiger partial charge in [0.25, 0.3) is 5.91 Å². The van der Waals surface area contributed by atoms with E-state index in [0.29, 0.717) is 29.5 Å². The van der Waals surface area contributed by atoms with Crippen LogP contribution in [0.4, 0.5) is 5.69 Å². The normalized spacial score (nSPS) is 22.9. The molecule has 1 N–H and O–H groups in total. The zero-order chi connectivity index (χ0) is 18.3. The first-order chi connectivity index (χ1) is 12.0. The van der Waals surface area contributed by atoms with Crippen molar-refractivity contribution in [3.05, 3.63) is 23.8 Å². The fraction of sp³-hybridized carbons (Fsp3) is 0.600. The van der Waals surface area contributed by atoms with Gasteiger partial charge in [-0.2, -0.15) is 5.26 Å². The molecule has 1 aliphatic rings. The predicted molar refractivity (Wildman–Crippen MR) is 97.6 cm³/mol. The SMILES string of the molecule is CCCCOc1ccc(NC(=O)[C@@]2(OC)CCC[C@@H](C)C2)cc1C#N. The van der Waals surface area contributed by atoms with Gasteiger partial charge in [0.15, 0.2) is 0 Å². The molecule has 1 fully saturated rings. The summed E-state index contributed by atoms with van der Waals surface area (Å²) in [4.78, 5) is 12.8. The van der Waals surface area contributed by atoms with Crippen LogP contribution in [-0.2, 0) is 9.53 Å². The van der Waals surface area contributed by atoms with Gasteiger partial charge in [0.05, 0.1) is 12.2 Å². The van der Waals surface area contributed by atoms with Crippen LogP contribution < -0.4 is 10.1 Å². The highest BCUT2D eigenvalue weighted by molar-refractivity contribution is 5.97. The van der Waals surface area contributed by atoms with Gasteiger partial charge in [0.2, 0.25) is 0 Å². The molecule has 25 heavy (non-hydrogen) atoms. The van der Waals surface area contributed by atoms with Gasteiger partial charge in [0, 0.05) is 12.8 Å². The monoisotopic (exact) mass is 344 g/mol. The summed E-state index contributed by atoms with van der Waals surface area (Å²) in [5.74, 6) is 0.884. The number of amides is 1. The number of hydrogen-bond donors (Lipinski definition) is 1. The Bertz CT molecular complexity index is 638. The molecule has 2 atom stereocenters. The van der Waals surface area contributed by atoms with E-state index in [1.54, 1.807) is 25.3 Å². The van der Waals surface area contributed by atoms with Crippen molar-refractivity contribution in [1.82, 2.24) is 0 Å². The van der Waals surface area contributed by atoms with Gasteiger partial charge in [0.1, 0.15) is 17.4 Å². The summed E-state index contributed by atoms with van der Waals surface area (Å²) >= 11 is 0. The standard InChI is InChI=1S/C20H28N2O3/c1-4-5-11-25-18-9-8-17(12-16(18)14-21)22-19(23)20(24-3)10-6-7-15(2)13-20/h8-9,12,15H,4-7,10-11,13H2,1-3H3,(H,22,23)/t15-,20-/m1/s1. The van der Waals surface area contributed by atoms with Gasteiger partial charge in [-0.05, 0) is 49.8 Å². The van der Waals surface area contributed by atoms with Gasteiger partial charge in [-0.3, -0.25) is 4.79 Å². The Balaban J connectivity index is 2.11. The summed E-state index contributed by atoms with van der Waals surface area (Å²) in [6.45, 7) is 4.82. The lowest BCUT2D eigenvalue weighted by molar-refractivity contribution is -0.143. The molecule has 0 spiro atoms. The summed E-state index contributed by atoms with van der Waals surface area (Å²) < 4.78 is 11.3. The van der Waals surface area contributed by atoms with Gasteiger partial charge < -0.3 is 14.8 Å². The Labute approximate surface area is 150 Å². The topological polar surface area (TPSA) is 71.3 Å². The minimum atomic E-state index is -0.777. The number of nitriles is 1. The number of unbranched alkanes of at least 4 members (excludes halogenated alkanes) is 1. The smallest absolute Gasteiger partial charge is 0.256 e. The molecule has 5 heteroatoms. The first kappa shape index (κ1) is 19.3. The maximum Gasteiger partial charge on any atom is 0.256 e. The number of carbonyl (C=O) groups excluding carboxylic acids is 1. The molecule has 5 nitrogen and oxygen atoms in total. The maximum atomic E-state index is 12.8. The van der Waals surface area contributed by atoms with Crippen LogP contribution in [0.25, 0.3) is 0 Å². The van der Waals surface area contributed by atoms with E-state index < -0.39 is 5.60 Å². The second kappa shape index (κ2) is 8.87. The zero-order valence-corrected chi connectivity index (χ0v) is 15.4. The molecular weight excluding hydrogens is 316 g/mol. The van der Waals surface area contributed by atoms with Gasteiger partial charge in [-0.15, -0.1) is 0 Å². The molecule has 0 heterocycles. The van der Waals surface area contributed by atoms with Crippen molar-refractivity contribution in [1.29, 1.82) is 5.26 Å². The minimum absolute atomic E-state index is 0.134. The summed E-state index contributed by atoms with van der Waals surface area (Å²) in [6, 6.07) is 7.32. The third-order valence-corrected chi connectivity index (χ3v) is 4.87. The van der Waals surface area contributed by atoms with Crippen LogP contribution in [0.3, 0.4) is 0 Å². The molecule has 0 aromatic heterocycles. The van der Waals surface area contributed by atoms with Crippen molar-refractivity contribution < 1.29 is 14.3 Å². The van der Waals surface area contributed by atoms with E-state index in [1.165, 1.54) is 0 Å². The summed E-state index contributed by atoms with van der Waals surface area (Å²) in [5.41, 5.74) is 0.247. The number of rotatable bonds is 7. The number of hydrogen-bond acceptors (Lipinski definition) is 4. The number of methoxy groups -OCH3 is 1. The van der Waals surface area contributed by atoms with Crippen LogP contribution >= 0.6 is 0 Å². The molecule has 136 valence electrons. The lowest BCUT2D eigenvalue weighted by atomic mass is 9.78. The predicted octanol–water partition coefficient (Wildman–Crippen LogP) is 4.27. The highest BCUT2D eigenvalue weighted by Crippen LogP contribution is 2.36. The van der Waals surface area contributed by atoms with E-state index in [0.717, 1.165) is 38.5 Å². The van der Waals surface area contributed by atoms with E-state index in [1.807, 2.05) is 0 Å². The van der Waals surface area contributed by atoms with Crippen molar-refractivity contribution in [2.45, 2.75) is 58.0 Å². The number of ether oxygens (including phenoxy) is 2. The molecule has 0 aliphatic heterocycles. The molecule has 0 saturated heterocycles. The van der Waals surface area contributed by atoms with E-state index in [4.69, 9.17) is 9.47 Å². The Kier molecular flexibility index (Phi) is 6.83. The van der Waals surface area contributed by atoms with E-state index >= 15 is 0 Å². The van der Waals surface area contributed by atoms with Crippen molar-refractivity contribution in [2.24, 2.45) is 5.92 Å². The van der Waals surface area contributed by atoms with E-state index in [-0.39, 0.29) is 5.91 Å². The van der Waals surface area contributed by atoms with Crippen molar-refractivity contribution >= 4 is 11.6 Å². The molecule has 1 saturated carbocycles. The summed E-state index contributed by atoms with van der Waals surface area (Å²) in [5, 5.41) is 12.3. The minimum Gasteiger partial charge on any atom is -0.492 e. The summed E-state index contributed by atoms with van der Waals surface area (Å²) in [7, 11) is 1.60. The lowest BCUT2D eigenvalue weighted by Crippen LogP contribution is -2.47. The molecule has 1 amide bonds. The molecule has 1 aromatic rings. The molecule has 0 bridgehead atoms. The van der Waals surface area contributed by atoms with Gasteiger partial charge in [-0.25, -0.2) is 0 Å². The van der Waals surface area contributed by atoms with Crippen LogP contribution in [0, 0.1) is 17.2 Å². The molecular formula is C20H28N2O3. The van der Waals surface area contributed by atoms with Crippen LogP contribution in [0.1, 0.15) is 57.9 Å². The van der Waals surface area contributed by atoms with Gasteiger partial charge >= 0.3 is 0 Å². The fourth-order valence-corrected chi connectivity index (χ4v) is 3.38. The quantitative estimate of drug-likeness (QED) is 0.750. The number of nitrogens with one attached hydrogen (secondary N) is 1. The number of anilines is 1. The average Bonchev–Trinajstić information content (AvgIpc) is 2.62. The average molecular weight is 344 g/mol. The third-order valence-electron chi connectivity index (χ3n) is 4.87. The Morgan fingerprint density at radius 3 is 2.92 bits per heavy atom. The molecule has 1 aromatic carbocycles. The molecule has 0 radical (unpaired) electrons. The maximum absolute atomic E-state index is 12.8. The van der Waals surface area contributed by atoms with Crippen LogP contribution in [0.5, 0.6) is 5.75 Å². The summed E-state index contributed by atoms with van der Waals surface area (Å²) in [6.07, 6.45) is 5.53. The highest BCUT2D eigenvalue weighted by Gasteiger charge is 2.42. The first-order valence-electron chi connectivity index (χ1n) is 9.08. The molecule has 1 aliphatic carbocycles. The second-order valence-electron chi connectivity index (χ2n) is 6.88. The number of benzene rings is 1. The van der Waals surface area contributed by atoms with E-state index in [2.05, 4.69) is 25.2 Å². The molecule has 2 rings (SSSR count). The first-order valence-corrected chi connectivity index (χ1v) is 9.08. The highest BCUT2D eigenvalue weighted by atomic mass is 16.5. The number of nitrogens with zero attached hydrogens (tertiary/aromatic N) is 1. The van der Waals surface area contributed by atoms with E-state index in [9.17, 15) is 10.1 Å². The van der Waals surface area contributed by atoms with Crippen LogP contribution in [-0.4, -0.2) is 25.2 Å². The Morgan fingerprint density at radius 2 is 2.28 bits per heavy atom. The number of carbonyl (C=O) groups is 1. The fourth-order valence-electron chi connectivity index (χ4n) is 3.38. The Hall–Kier alpha value is -2.06. The van der Waals surface area contributed by atoms with Crippen molar-refractivity contribution in [3.63, 3.8) is 0 Å². The van der Waals surface area contributed by atoms with Crippen LogP contribution in [0.2, 0.25) is 0 Å². The van der Waals surface area contributed by atoms with Crippen molar-refractivity contribution in [3.8, 4) is 11.8 Å². The largest absolute Gasteiger partial charge is 0.492 e. The lowest BCUT2D eigenvalue weighted by Gasteiger charge is -2.37. The van der Waals surface area contributed by atoms with Gasteiger partial charge in [-0.1, -0.05) is 26.7 Å².